The number of fused-ring (bicyclic) bond motifs is 1. The maximum Gasteiger partial charge on any atom is 0.417 e. The molecule has 3 nitrogen and oxygen atoms in total. The highest BCUT2D eigenvalue weighted by molar-refractivity contribution is 5.84. The Morgan fingerprint density at radius 1 is 1.17 bits per heavy atom. The first-order valence-corrected chi connectivity index (χ1v) is 7.94. The molecule has 24 heavy (non-hydrogen) atoms. The van der Waals surface area contributed by atoms with Gasteiger partial charge in [-0.15, -0.1) is 0 Å². The molecule has 0 N–H and O–H groups in total. The van der Waals surface area contributed by atoms with Gasteiger partial charge in [0.15, 0.2) is 0 Å². The number of halogens is 3. The van der Waals surface area contributed by atoms with Gasteiger partial charge in [-0.1, -0.05) is 36.3 Å². The van der Waals surface area contributed by atoms with Gasteiger partial charge in [-0.3, -0.25) is 0 Å². The monoisotopic (exact) mass is 332 g/mol. The van der Waals surface area contributed by atoms with Gasteiger partial charge in [0, 0.05) is 11.5 Å². The van der Waals surface area contributed by atoms with E-state index in [9.17, 15) is 13.2 Å². The van der Waals surface area contributed by atoms with E-state index < -0.39 is 11.7 Å². The number of nitrogens with zero attached hydrogens (tertiary/aromatic N) is 2. The third-order valence-electron chi connectivity index (χ3n) is 4.40. The normalized spacial score (nSPS) is 15.2. The fourth-order valence-electron chi connectivity index (χ4n) is 2.89. The van der Waals surface area contributed by atoms with Gasteiger partial charge in [-0.2, -0.15) is 13.2 Å². The number of benzene rings is 1. The highest BCUT2D eigenvalue weighted by Gasteiger charge is 2.39. The molecule has 124 valence electrons. The Morgan fingerprint density at radius 3 is 2.46 bits per heavy atom. The van der Waals surface area contributed by atoms with Gasteiger partial charge in [0.25, 0.3) is 5.71 Å². The minimum absolute atomic E-state index is 0.0129. The Morgan fingerprint density at radius 2 is 1.88 bits per heavy atom. The number of aromatic nitrogens is 2. The Labute approximate surface area is 136 Å². The molecular formula is C18H15F3N2O. The minimum atomic E-state index is -4.48. The lowest BCUT2D eigenvalue weighted by atomic mass is 10.0. The Kier molecular flexibility index (Phi) is 3.37. The molecule has 0 radical (unpaired) electrons. The molecule has 0 amide bonds. The number of hydrogen-bond acceptors (Lipinski definition) is 3. The van der Waals surface area contributed by atoms with Crippen LogP contribution in [0.2, 0.25) is 0 Å². The maximum absolute atomic E-state index is 13.6. The lowest BCUT2D eigenvalue weighted by Gasteiger charge is -2.10. The lowest BCUT2D eigenvalue weighted by molar-refractivity contribution is -0.136. The summed E-state index contributed by atoms with van der Waals surface area (Å²) in [6, 6.07) is 8.46. The molecule has 1 fully saturated rings. The van der Waals surface area contributed by atoms with Crippen molar-refractivity contribution in [1.82, 2.24) is 10.1 Å². The molecule has 1 aliphatic rings. The molecule has 1 saturated carbocycles. The third-order valence-corrected chi connectivity index (χ3v) is 4.40. The van der Waals surface area contributed by atoms with Crippen molar-refractivity contribution in [2.45, 2.75) is 38.3 Å². The summed E-state index contributed by atoms with van der Waals surface area (Å²) in [5.74, 6) is 0.0591. The molecule has 0 aliphatic heterocycles. The van der Waals surface area contributed by atoms with E-state index in [2.05, 4.69) is 10.1 Å². The summed E-state index contributed by atoms with van der Waals surface area (Å²) < 4.78 is 45.9. The third kappa shape index (κ3) is 2.56. The highest BCUT2D eigenvalue weighted by Crippen LogP contribution is 2.46. The van der Waals surface area contributed by atoms with Crippen molar-refractivity contribution in [3.8, 4) is 11.3 Å². The summed E-state index contributed by atoms with van der Waals surface area (Å²) in [7, 11) is 0. The number of aryl methyl sites for hydroxylation is 1. The molecule has 0 spiro atoms. The summed E-state index contributed by atoms with van der Waals surface area (Å²) in [4.78, 5) is 4.28. The van der Waals surface area contributed by atoms with E-state index in [-0.39, 0.29) is 22.7 Å². The van der Waals surface area contributed by atoms with Gasteiger partial charge in [0.2, 0.25) is 0 Å². The summed E-state index contributed by atoms with van der Waals surface area (Å²) in [5, 5.41) is 3.87. The van der Waals surface area contributed by atoms with E-state index >= 15 is 0 Å². The number of pyridine rings is 1. The van der Waals surface area contributed by atoms with Gasteiger partial charge in [-0.25, -0.2) is 4.98 Å². The topological polar surface area (TPSA) is 38.9 Å². The molecule has 4 rings (SSSR count). The van der Waals surface area contributed by atoms with Crippen molar-refractivity contribution in [2.75, 3.05) is 0 Å². The summed E-state index contributed by atoms with van der Waals surface area (Å²) in [5.41, 5.74) is 1.62. The second-order valence-electron chi connectivity index (χ2n) is 6.13. The van der Waals surface area contributed by atoms with Crippen LogP contribution in [0.15, 0.2) is 34.9 Å². The SMILES string of the molecule is CCc1ccc(-c2cc(C(F)(F)F)c3c(C4CC4)noc3n2)cc1. The summed E-state index contributed by atoms with van der Waals surface area (Å²) in [6.07, 6.45) is -1.92. The highest BCUT2D eigenvalue weighted by atomic mass is 19.4. The van der Waals surface area contributed by atoms with Crippen molar-refractivity contribution in [2.24, 2.45) is 0 Å². The van der Waals surface area contributed by atoms with Gasteiger partial charge < -0.3 is 4.52 Å². The molecule has 1 aromatic carbocycles. The van der Waals surface area contributed by atoms with E-state index in [1.54, 1.807) is 12.1 Å². The van der Waals surface area contributed by atoms with Gasteiger partial charge in [0.05, 0.1) is 22.3 Å². The van der Waals surface area contributed by atoms with E-state index in [0.29, 0.717) is 11.3 Å². The predicted octanol–water partition coefficient (Wildman–Crippen LogP) is 5.35. The van der Waals surface area contributed by atoms with Gasteiger partial charge in [-0.05, 0) is 30.9 Å². The summed E-state index contributed by atoms with van der Waals surface area (Å²) in [6.45, 7) is 2.02. The largest absolute Gasteiger partial charge is 0.417 e. The lowest BCUT2D eigenvalue weighted by Crippen LogP contribution is -2.07. The van der Waals surface area contributed by atoms with Crippen molar-refractivity contribution in [3.05, 3.63) is 47.2 Å². The summed E-state index contributed by atoms with van der Waals surface area (Å²) >= 11 is 0. The van der Waals surface area contributed by atoms with E-state index in [0.717, 1.165) is 30.9 Å². The van der Waals surface area contributed by atoms with E-state index in [4.69, 9.17) is 4.52 Å². The standard InChI is InChI=1S/C18H15F3N2O/c1-2-10-3-5-11(6-4-10)14-9-13(18(19,20)21)15-16(12-7-8-12)23-24-17(15)22-14/h3-6,9,12H,2,7-8H2,1H3. The molecule has 0 unspecified atom stereocenters. The van der Waals surface area contributed by atoms with Crippen LogP contribution in [0.25, 0.3) is 22.4 Å². The molecule has 0 bridgehead atoms. The van der Waals surface area contributed by atoms with Crippen LogP contribution < -0.4 is 0 Å². The quantitative estimate of drug-likeness (QED) is 0.649. The Bertz CT molecular complexity index is 893. The van der Waals surface area contributed by atoms with Crippen LogP contribution in [0.4, 0.5) is 13.2 Å². The van der Waals surface area contributed by atoms with Gasteiger partial charge in [0.1, 0.15) is 0 Å². The maximum atomic E-state index is 13.6. The Hall–Kier alpha value is -2.37. The van der Waals surface area contributed by atoms with Crippen LogP contribution in [0, 0.1) is 0 Å². The van der Waals surface area contributed by atoms with Crippen molar-refractivity contribution >= 4 is 11.1 Å². The fourth-order valence-corrected chi connectivity index (χ4v) is 2.89. The second kappa shape index (κ2) is 5.33. The Balaban J connectivity index is 1.91. The smallest absolute Gasteiger partial charge is 0.335 e. The molecule has 2 heterocycles. The fraction of sp³-hybridized carbons (Fsp3) is 0.333. The number of rotatable bonds is 3. The average molecular weight is 332 g/mol. The molecule has 0 atom stereocenters. The van der Waals surface area contributed by atoms with Crippen LogP contribution >= 0.6 is 0 Å². The van der Waals surface area contributed by atoms with Crippen molar-refractivity contribution in [1.29, 1.82) is 0 Å². The first kappa shape index (κ1) is 15.2. The molecule has 6 heteroatoms. The van der Waals surface area contributed by atoms with Crippen LogP contribution in [0.3, 0.4) is 0 Å². The first-order chi connectivity index (χ1) is 11.5. The molecule has 2 aromatic heterocycles. The van der Waals surface area contributed by atoms with Crippen molar-refractivity contribution < 1.29 is 17.7 Å². The molecule has 3 aromatic rings. The van der Waals surface area contributed by atoms with Crippen LogP contribution in [0.5, 0.6) is 0 Å². The predicted molar refractivity (Wildman–Crippen MR) is 83.6 cm³/mol. The van der Waals surface area contributed by atoms with E-state index in [1.165, 1.54) is 0 Å². The minimum Gasteiger partial charge on any atom is -0.335 e. The van der Waals surface area contributed by atoms with Crippen LogP contribution in [0.1, 0.15) is 42.5 Å². The zero-order valence-electron chi connectivity index (χ0n) is 13.0. The van der Waals surface area contributed by atoms with E-state index in [1.807, 2.05) is 19.1 Å². The first-order valence-electron chi connectivity index (χ1n) is 7.94. The zero-order chi connectivity index (χ0) is 16.9. The number of hydrogen-bond donors (Lipinski definition) is 0. The van der Waals surface area contributed by atoms with Crippen molar-refractivity contribution in [3.63, 3.8) is 0 Å². The molecular weight excluding hydrogens is 317 g/mol. The molecule has 1 aliphatic carbocycles. The number of alkyl halides is 3. The average Bonchev–Trinajstić information content (AvgIpc) is 3.32. The van der Waals surface area contributed by atoms with Crippen LogP contribution in [-0.2, 0) is 12.6 Å². The van der Waals surface area contributed by atoms with Gasteiger partial charge >= 0.3 is 6.18 Å². The second-order valence-corrected chi connectivity index (χ2v) is 6.13. The van der Waals surface area contributed by atoms with Crippen LogP contribution in [-0.4, -0.2) is 10.1 Å². The molecule has 0 saturated heterocycles. The zero-order valence-corrected chi connectivity index (χ0v) is 13.0.